The number of carbonyl (C=O) groups is 1. The Morgan fingerprint density at radius 1 is 1.21 bits per heavy atom. The number of carbonyl (C=O) groups excluding carboxylic acids is 1. The van der Waals surface area contributed by atoms with Gasteiger partial charge in [0.25, 0.3) is 5.56 Å². The normalized spacial score (nSPS) is 10.9. The summed E-state index contributed by atoms with van der Waals surface area (Å²) in [7, 11) is 1.72. The van der Waals surface area contributed by atoms with Crippen molar-refractivity contribution in [3.63, 3.8) is 0 Å². The van der Waals surface area contributed by atoms with Crippen LogP contribution >= 0.6 is 0 Å². The predicted octanol–water partition coefficient (Wildman–Crippen LogP) is 1.27. The second kappa shape index (κ2) is 6.66. The summed E-state index contributed by atoms with van der Waals surface area (Å²) in [5, 5.41) is 9.75. The molecule has 0 unspecified atom stereocenters. The highest BCUT2D eigenvalue weighted by Gasteiger charge is 2.08. The molecule has 2 aromatic heterocycles. The van der Waals surface area contributed by atoms with E-state index < -0.39 is 0 Å². The molecule has 3 rings (SSSR count). The number of hydrogen-bond acceptors (Lipinski definition) is 4. The number of nitrogens with zero attached hydrogens (tertiary/aromatic N) is 5. The predicted molar refractivity (Wildman–Crippen MR) is 90.4 cm³/mol. The highest BCUT2D eigenvalue weighted by molar-refractivity contribution is 5.81. The third-order valence-corrected chi connectivity index (χ3v) is 3.98. The number of aromatic nitrogens is 4. The van der Waals surface area contributed by atoms with E-state index in [4.69, 9.17) is 0 Å². The average molecular weight is 325 g/mol. The maximum atomic E-state index is 12.4. The lowest BCUT2D eigenvalue weighted by atomic mass is 10.2. The van der Waals surface area contributed by atoms with Gasteiger partial charge < -0.3 is 9.47 Å². The van der Waals surface area contributed by atoms with Crippen LogP contribution in [0.4, 0.5) is 0 Å². The van der Waals surface area contributed by atoms with Gasteiger partial charge in [-0.05, 0) is 17.5 Å². The molecule has 0 radical (unpaired) electrons. The van der Waals surface area contributed by atoms with Crippen LogP contribution in [0.25, 0.3) is 10.8 Å². The molecule has 1 amide bonds. The van der Waals surface area contributed by atoms with E-state index in [0.717, 1.165) is 11.1 Å². The zero-order valence-electron chi connectivity index (χ0n) is 13.7. The zero-order chi connectivity index (χ0) is 17.1. The SMILES string of the molecule is CC(=O)N(C)Cc1cn(CCn2ccc3ccccc3c2=O)nn1. The van der Waals surface area contributed by atoms with E-state index in [1.807, 2.05) is 30.3 Å². The minimum absolute atomic E-state index is 0.00949. The number of hydrogen-bond donors (Lipinski definition) is 0. The van der Waals surface area contributed by atoms with Gasteiger partial charge in [-0.25, -0.2) is 0 Å². The Balaban J connectivity index is 1.70. The largest absolute Gasteiger partial charge is 0.340 e. The van der Waals surface area contributed by atoms with Crippen LogP contribution in [-0.4, -0.2) is 37.4 Å². The van der Waals surface area contributed by atoms with Crippen molar-refractivity contribution in [2.45, 2.75) is 26.6 Å². The Kier molecular flexibility index (Phi) is 4.41. The van der Waals surface area contributed by atoms with Crippen LogP contribution in [-0.2, 0) is 24.4 Å². The molecule has 0 fully saturated rings. The summed E-state index contributed by atoms with van der Waals surface area (Å²) in [5.41, 5.74) is 0.711. The van der Waals surface area contributed by atoms with E-state index in [0.29, 0.717) is 25.0 Å². The summed E-state index contributed by atoms with van der Waals surface area (Å²) < 4.78 is 3.36. The fraction of sp³-hybridized carbons (Fsp3) is 0.294. The van der Waals surface area contributed by atoms with Crippen molar-refractivity contribution < 1.29 is 4.79 Å². The van der Waals surface area contributed by atoms with Gasteiger partial charge in [0.05, 0.1) is 19.3 Å². The number of amides is 1. The molecule has 0 N–H and O–H groups in total. The minimum atomic E-state index is -0.0211. The van der Waals surface area contributed by atoms with Gasteiger partial charge in [0, 0.05) is 32.1 Å². The van der Waals surface area contributed by atoms with E-state index in [9.17, 15) is 9.59 Å². The van der Waals surface area contributed by atoms with Gasteiger partial charge in [0.2, 0.25) is 5.91 Å². The van der Waals surface area contributed by atoms with Crippen molar-refractivity contribution in [3.05, 3.63) is 58.8 Å². The molecule has 7 nitrogen and oxygen atoms in total. The smallest absolute Gasteiger partial charge is 0.258 e. The Labute approximate surface area is 139 Å². The first-order valence-corrected chi connectivity index (χ1v) is 7.73. The third-order valence-electron chi connectivity index (χ3n) is 3.98. The van der Waals surface area contributed by atoms with Crippen molar-refractivity contribution in [2.75, 3.05) is 7.05 Å². The fourth-order valence-corrected chi connectivity index (χ4v) is 2.49. The van der Waals surface area contributed by atoms with Crippen molar-refractivity contribution in [2.24, 2.45) is 0 Å². The molecular weight excluding hydrogens is 306 g/mol. The van der Waals surface area contributed by atoms with Crippen LogP contribution in [0.2, 0.25) is 0 Å². The molecule has 0 spiro atoms. The second-order valence-electron chi connectivity index (χ2n) is 5.75. The highest BCUT2D eigenvalue weighted by atomic mass is 16.2. The Morgan fingerprint density at radius 2 is 2.00 bits per heavy atom. The molecule has 0 atom stereocenters. The van der Waals surface area contributed by atoms with Crippen LogP contribution in [0.1, 0.15) is 12.6 Å². The van der Waals surface area contributed by atoms with E-state index >= 15 is 0 Å². The number of rotatable bonds is 5. The lowest BCUT2D eigenvalue weighted by molar-refractivity contribution is -0.128. The van der Waals surface area contributed by atoms with E-state index in [1.165, 1.54) is 6.92 Å². The van der Waals surface area contributed by atoms with Crippen molar-refractivity contribution in [3.8, 4) is 0 Å². The Bertz CT molecular complexity index is 928. The lowest BCUT2D eigenvalue weighted by Crippen LogP contribution is -2.23. The van der Waals surface area contributed by atoms with Crippen LogP contribution in [0, 0.1) is 0 Å². The first kappa shape index (κ1) is 15.9. The number of pyridine rings is 1. The molecule has 1 aromatic carbocycles. The van der Waals surface area contributed by atoms with Crippen molar-refractivity contribution >= 4 is 16.7 Å². The van der Waals surface area contributed by atoms with E-state index in [1.54, 1.807) is 33.6 Å². The summed E-state index contributed by atoms with van der Waals surface area (Å²) in [4.78, 5) is 25.3. The minimum Gasteiger partial charge on any atom is -0.340 e. The van der Waals surface area contributed by atoms with Gasteiger partial charge in [-0.2, -0.15) is 0 Å². The number of aryl methyl sites for hydroxylation is 2. The second-order valence-corrected chi connectivity index (χ2v) is 5.75. The molecule has 0 aliphatic carbocycles. The van der Waals surface area contributed by atoms with Gasteiger partial charge in [-0.3, -0.25) is 14.3 Å². The molecule has 24 heavy (non-hydrogen) atoms. The van der Waals surface area contributed by atoms with Gasteiger partial charge in [0.15, 0.2) is 0 Å². The summed E-state index contributed by atoms with van der Waals surface area (Å²) in [6.45, 7) is 2.98. The molecule has 7 heteroatoms. The first-order valence-electron chi connectivity index (χ1n) is 7.73. The Hall–Kier alpha value is -2.96. The van der Waals surface area contributed by atoms with E-state index in [-0.39, 0.29) is 11.5 Å². The molecule has 0 saturated heterocycles. The number of fused-ring (bicyclic) bond motifs is 1. The first-order chi connectivity index (χ1) is 11.5. The molecule has 124 valence electrons. The molecule has 0 saturated carbocycles. The topological polar surface area (TPSA) is 73.0 Å². The maximum absolute atomic E-state index is 12.4. The summed E-state index contributed by atoms with van der Waals surface area (Å²) in [6, 6.07) is 9.48. The van der Waals surface area contributed by atoms with Crippen LogP contribution in [0.3, 0.4) is 0 Å². The quantitative estimate of drug-likeness (QED) is 0.708. The maximum Gasteiger partial charge on any atom is 0.258 e. The molecule has 0 aliphatic rings. The molecule has 0 aliphatic heterocycles. The van der Waals surface area contributed by atoms with Gasteiger partial charge in [0.1, 0.15) is 5.69 Å². The van der Waals surface area contributed by atoms with Crippen LogP contribution in [0.5, 0.6) is 0 Å². The van der Waals surface area contributed by atoms with Gasteiger partial charge in [-0.1, -0.05) is 23.4 Å². The molecule has 3 aromatic rings. The molecule has 0 bridgehead atoms. The van der Waals surface area contributed by atoms with Crippen LogP contribution in [0.15, 0.2) is 47.5 Å². The zero-order valence-corrected chi connectivity index (χ0v) is 13.7. The van der Waals surface area contributed by atoms with Crippen molar-refractivity contribution in [1.29, 1.82) is 0 Å². The molecular formula is C17H19N5O2. The lowest BCUT2D eigenvalue weighted by Gasteiger charge is -2.11. The Morgan fingerprint density at radius 3 is 2.79 bits per heavy atom. The standard InChI is InChI=1S/C17H19N5O2/c1-13(23)20(2)11-15-12-22(19-18-15)10-9-21-8-7-14-5-3-4-6-16(14)17(21)24/h3-8,12H,9-11H2,1-2H3. The van der Waals surface area contributed by atoms with Gasteiger partial charge >= 0.3 is 0 Å². The fourth-order valence-electron chi connectivity index (χ4n) is 2.49. The number of benzene rings is 1. The highest BCUT2D eigenvalue weighted by Crippen LogP contribution is 2.08. The summed E-state index contributed by atoms with van der Waals surface area (Å²) in [6.07, 6.45) is 3.59. The van der Waals surface area contributed by atoms with Gasteiger partial charge in [-0.15, -0.1) is 5.10 Å². The molecule has 2 heterocycles. The van der Waals surface area contributed by atoms with Crippen molar-refractivity contribution in [1.82, 2.24) is 24.5 Å². The average Bonchev–Trinajstić information content (AvgIpc) is 3.02. The van der Waals surface area contributed by atoms with Crippen LogP contribution < -0.4 is 5.56 Å². The van der Waals surface area contributed by atoms with E-state index in [2.05, 4.69) is 10.3 Å². The summed E-state index contributed by atoms with van der Waals surface area (Å²) in [5.74, 6) is -0.0211. The summed E-state index contributed by atoms with van der Waals surface area (Å²) >= 11 is 0. The monoisotopic (exact) mass is 325 g/mol. The third kappa shape index (κ3) is 3.34.